The van der Waals surface area contributed by atoms with Gasteiger partial charge in [-0.15, -0.1) is 6.58 Å². The topological polar surface area (TPSA) is 73.6 Å². The number of nitrogens with zero attached hydrogens (tertiary/aromatic N) is 2. The number of ketones is 1. The first-order chi connectivity index (χ1) is 16.1. The molecular formula is C27H24N2O4. The zero-order chi connectivity index (χ0) is 22.9. The van der Waals surface area contributed by atoms with Crippen LogP contribution in [0.25, 0.3) is 22.2 Å². The first kappa shape index (κ1) is 21.0. The Morgan fingerprint density at radius 1 is 1.06 bits per heavy atom. The Balaban J connectivity index is 1.39. The van der Waals surface area contributed by atoms with Crippen LogP contribution in [-0.4, -0.2) is 40.5 Å². The summed E-state index contributed by atoms with van der Waals surface area (Å²) < 4.78 is 13.0. The summed E-state index contributed by atoms with van der Waals surface area (Å²) in [4.78, 5) is 13.0. The van der Waals surface area contributed by atoms with E-state index in [1.165, 1.54) is 0 Å². The largest absolute Gasteiger partial charge is 0.493 e. The van der Waals surface area contributed by atoms with Crippen molar-refractivity contribution in [2.45, 2.75) is 19.1 Å². The van der Waals surface area contributed by atoms with E-state index in [-0.39, 0.29) is 18.9 Å². The van der Waals surface area contributed by atoms with Crippen LogP contribution in [0.5, 0.6) is 11.5 Å². The highest BCUT2D eigenvalue weighted by molar-refractivity contribution is 6.25. The number of hydrogen-bond acceptors (Lipinski definition) is 5. The maximum Gasteiger partial charge on any atom is 0.194 e. The molecule has 0 amide bonds. The van der Waals surface area contributed by atoms with Gasteiger partial charge < -0.3 is 14.6 Å². The number of carbonyl (C=O) groups is 1. The van der Waals surface area contributed by atoms with E-state index in [0.29, 0.717) is 22.6 Å². The maximum atomic E-state index is 13.0. The van der Waals surface area contributed by atoms with Crippen LogP contribution in [0.1, 0.15) is 21.5 Å². The second kappa shape index (κ2) is 8.56. The van der Waals surface area contributed by atoms with Crippen molar-refractivity contribution in [3.8, 4) is 22.8 Å². The number of benzene rings is 3. The average molecular weight is 440 g/mol. The number of ether oxygens (including phenoxy) is 2. The summed E-state index contributed by atoms with van der Waals surface area (Å²) >= 11 is 0. The van der Waals surface area contributed by atoms with Crippen LogP contribution in [0.3, 0.4) is 0 Å². The highest BCUT2D eigenvalue weighted by atomic mass is 16.5. The molecule has 0 spiro atoms. The highest BCUT2D eigenvalue weighted by Crippen LogP contribution is 2.38. The number of carbonyl (C=O) groups excluding carboxylic acids is 1. The Labute approximate surface area is 191 Å². The van der Waals surface area contributed by atoms with E-state index < -0.39 is 6.10 Å². The van der Waals surface area contributed by atoms with Crippen molar-refractivity contribution in [2.24, 2.45) is 0 Å². The van der Waals surface area contributed by atoms with Crippen LogP contribution in [0.15, 0.2) is 73.3 Å². The van der Waals surface area contributed by atoms with Crippen molar-refractivity contribution in [3.05, 3.63) is 90.0 Å². The lowest BCUT2D eigenvalue weighted by molar-refractivity contribution is 0.0891. The van der Waals surface area contributed by atoms with E-state index in [1.807, 2.05) is 66.7 Å². The molecule has 0 unspecified atom stereocenters. The highest BCUT2D eigenvalue weighted by Gasteiger charge is 2.28. The van der Waals surface area contributed by atoms with Gasteiger partial charge in [-0.3, -0.25) is 9.48 Å². The van der Waals surface area contributed by atoms with Crippen LogP contribution in [-0.2, 0) is 13.0 Å². The van der Waals surface area contributed by atoms with Crippen LogP contribution in [0.4, 0.5) is 0 Å². The maximum absolute atomic E-state index is 13.0. The van der Waals surface area contributed by atoms with Gasteiger partial charge in [-0.05, 0) is 30.2 Å². The fourth-order valence-electron chi connectivity index (χ4n) is 4.34. The average Bonchev–Trinajstić information content (AvgIpc) is 3.21. The predicted molar refractivity (Wildman–Crippen MR) is 127 cm³/mol. The summed E-state index contributed by atoms with van der Waals surface area (Å²) in [5.74, 6) is 1.17. The summed E-state index contributed by atoms with van der Waals surface area (Å²) in [5, 5.41) is 16.3. The molecule has 0 radical (unpaired) electrons. The normalized spacial score (nSPS) is 13.0. The minimum absolute atomic E-state index is 0.000807. The molecule has 1 aliphatic rings. The van der Waals surface area contributed by atoms with E-state index in [4.69, 9.17) is 14.6 Å². The van der Waals surface area contributed by atoms with Crippen molar-refractivity contribution < 1.29 is 19.4 Å². The fourth-order valence-corrected chi connectivity index (χ4v) is 4.34. The van der Waals surface area contributed by atoms with Gasteiger partial charge in [-0.25, -0.2) is 0 Å². The van der Waals surface area contributed by atoms with Crippen LogP contribution in [0.2, 0.25) is 0 Å². The van der Waals surface area contributed by atoms with Crippen LogP contribution >= 0.6 is 0 Å². The number of methoxy groups -OCH3 is 1. The molecule has 5 rings (SSSR count). The molecule has 3 aromatic carbocycles. The zero-order valence-corrected chi connectivity index (χ0v) is 18.3. The van der Waals surface area contributed by atoms with Gasteiger partial charge in [0.2, 0.25) is 0 Å². The molecule has 0 saturated carbocycles. The van der Waals surface area contributed by atoms with Crippen molar-refractivity contribution in [3.63, 3.8) is 0 Å². The molecule has 6 nitrogen and oxygen atoms in total. The lowest BCUT2D eigenvalue weighted by Gasteiger charge is -2.15. The van der Waals surface area contributed by atoms with Crippen molar-refractivity contribution in [2.75, 3.05) is 13.7 Å². The summed E-state index contributed by atoms with van der Waals surface area (Å²) in [6.07, 6.45) is 1.76. The van der Waals surface area contributed by atoms with Crippen LogP contribution < -0.4 is 9.47 Å². The molecule has 6 heteroatoms. The summed E-state index contributed by atoms with van der Waals surface area (Å²) in [6, 6.07) is 18.8. The van der Waals surface area contributed by atoms with Gasteiger partial charge >= 0.3 is 0 Å². The third kappa shape index (κ3) is 3.68. The number of aromatic nitrogens is 2. The number of fused-ring (bicyclic) bond motifs is 2. The summed E-state index contributed by atoms with van der Waals surface area (Å²) in [6.45, 7) is 4.06. The smallest absolute Gasteiger partial charge is 0.194 e. The molecule has 4 aromatic rings. The minimum Gasteiger partial charge on any atom is -0.493 e. The summed E-state index contributed by atoms with van der Waals surface area (Å²) in [7, 11) is 1.59. The molecule has 0 bridgehead atoms. The van der Waals surface area contributed by atoms with Crippen molar-refractivity contribution >= 4 is 16.7 Å². The molecule has 33 heavy (non-hydrogen) atoms. The molecule has 1 atom stereocenters. The Bertz CT molecular complexity index is 1370. The van der Waals surface area contributed by atoms with Crippen molar-refractivity contribution in [1.82, 2.24) is 9.78 Å². The second-order valence-corrected chi connectivity index (χ2v) is 8.05. The molecule has 166 valence electrons. The first-order valence-electron chi connectivity index (χ1n) is 10.8. The van der Waals surface area contributed by atoms with Gasteiger partial charge in [0.1, 0.15) is 18.4 Å². The molecule has 0 fully saturated rings. The second-order valence-electron chi connectivity index (χ2n) is 8.05. The molecule has 1 aliphatic carbocycles. The number of aliphatic hydroxyl groups excluding tert-OH is 1. The monoisotopic (exact) mass is 440 g/mol. The van der Waals surface area contributed by atoms with E-state index in [1.54, 1.807) is 11.8 Å². The van der Waals surface area contributed by atoms with Gasteiger partial charge in [0.05, 0.1) is 19.2 Å². The SMILES string of the molecule is C=CCc1ccc(OC[C@@H](O)Cn2nc3c4c(cccc42)C(=O)c2ccccc2-3)c(OC)c1. The fraction of sp³-hybridized carbons (Fsp3) is 0.185. The van der Waals surface area contributed by atoms with E-state index in [0.717, 1.165) is 34.1 Å². The lowest BCUT2D eigenvalue weighted by Crippen LogP contribution is -2.24. The van der Waals surface area contributed by atoms with Crippen molar-refractivity contribution in [1.29, 1.82) is 0 Å². The van der Waals surface area contributed by atoms with E-state index >= 15 is 0 Å². The first-order valence-corrected chi connectivity index (χ1v) is 10.8. The Kier molecular flexibility index (Phi) is 5.44. The molecule has 1 aromatic heterocycles. The molecule has 1 heterocycles. The van der Waals surface area contributed by atoms with E-state index in [9.17, 15) is 9.90 Å². The molecule has 0 aliphatic heterocycles. The van der Waals surface area contributed by atoms with Crippen LogP contribution in [0, 0.1) is 0 Å². The third-order valence-corrected chi connectivity index (χ3v) is 5.87. The Morgan fingerprint density at radius 2 is 1.85 bits per heavy atom. The molecular weight excluding hydrogens is 416 g/mol. The number of allylic oxidation sites excluding steroid dienone is 1. The number of rotatable bonds is 8. The van der Waals surface area contributed by atoms with Gasteiger partial charge in [0.25, 0.3) is 0 Å². The predicted octanol–water partition coefficient (Wildman–Crippen LogP) is 4.42. The Hall–Kier alpha value is -3.90. The molecule has 1 N–H and O–H groups in total. The van der Waals surface area contributed by atoms with Gasteiger partial charge in [-0.1, -0.05) is 48.5 Å². The van der Waals surface area contributed by atoms with Gasteiger partial charge in [0.15, 0.2) is 17.3 Å². The standard InChI is InChI=1S/C27H24N2O4/c1-3-7-17-12-13-23(24(14-17)32-2)33-16-18(30)15-29-22-11-6-10-21-25(22)26(28-29)19-8-4-5-9-20(19)27(21)31/h3-6,8-14,18,30H,1,7,15-16H2,2H3/t18-/m0/s1. The van der Waals surface area contributed by atoms with E-state index in [2.05, 4.69) is 6.58 Å². The van der Waals surface area contributed by atoms with Gasteiger partial charge in [-0.2, -0.15) is 5.10 Å². The Morgan fingerprint density at radius 3 is 2.64 bits per heavy atom. The molecule has 0 saturated heterocycles. The number of hydrogen-bond donors (Lipinski definition) is 1. The lowest BCUT2D eigenvalue weighted by atomic mass is 9.87. The van der Waals surface area contributed by atoms with Gasteiger partial charge in [0, 0.05) is 22.1 Å². The summed E-state index contributed by atoms with van der Waals surface area (Å²) in [5.41, 5.74) is 4.77. The zero-order valence-electron chi connectivity index (χ0n) is 18.3. The minimum atomic E-state index is -0.811. The number of aliphatic hydroxyl groups is 1. The third-order valence-electron chi connectivity index (χ3n) is 5.87. The quantitative estimate of drug-likeness (QED) is 0.362.